The van der Waals surface area contributed by atoms with Crippen molar-refractivity contribution in [3.05, 3.63) is 11.6 Å². The highest BCUT2D eigenvalue weighted by molar-refractivity contribution is 14.0. The van der Waals surface area contributed by atoms with E-state index in [4.69, 9.17) is 4.74 Å². The van der Waals surface area contributed by atoms with E-state index in [1.165, 1.54) is 19.3 Å². The van der Waals surface area contributed by atoms with E-state index in [9.17, 15) is 0 Å². The first kappa shape index (κ1) is 22.4. The van der Waals surface area contributed by atoms with Crippen molar-refractivity contribution in [1.82, 2.24) is 25.0 Å². The fourth-order valence-corrected chi connectivity index (χ4v) is 3.85. The average Bonchev–Trinajstić information content (AvgIpc) is 2.82. The van der Waals surface area contributed by atoms with Crippen LogP contribution < -0.4 is 5.32 Å². The summed E-state index contributed by atoms with van der Waals surface area (Å²) in [6.45, 7) is 10.0. The number of aromatic nitrogens is 3. The second-order valence-electron chi connectivity index (χ2n) is 8.31. The number of piperidine rings is 1. The van der Waals surface area contributed by atoms with Gasteiger partial charge in [0.25, 0.3) is 0 Å². The van der Waals surface area contributed by atoms with Gasteiger partial charge in [-0.05, 0) is 46.5 Å². The lowest BCUT2D eigenvalue weighted by Gasteiger charge is -2.36. The maximum atomic E-state index is 6.12. The van der Waals surface area contributed by atoms with E-state index in [-0.39, 0.29) is 29.6 Å². The van der Waals surface area contributed by atoms with Crippen LogP contribution in [-0.4, -0.2) is 57.5 Å². The zero-order valence-electron chi connectivity index (χ0n) is 17.2. The Morgan fingerprint density at radius 3 is 2.56 bits per heavy atom. The second-order valence-corrected chi connectivity index (χ2v) is 8.31. The molecule has 0 unspecified atom stereocenters. The molecule has 2 aliphatic heterocycles. The molecule has 0 aromatic carbocycles. The van der Waals surface area contributed by atoms with Crippen LogP contribution in [0, 0.1) is 0 Å². The lowest BCUT2D eigenvalue weighted by Crippen LogP contribution is -2.47. The number of hydrogen-bond acceptors (Lipinski definition) is 4. The van der Waals surface area contributed by atoms with Crippen molar-refractivity contribution in [2.75, 3.05) is 20.1 Å². The van der Waals surface area contributed by atoms with Crippen LogP contribution in [0.4, 0.5) is 0 Å². The number of likely N-dealkylation sites (tertiary alicyclic amines) is 1. The van der Waals surface area contributed by atoms with E-state index in [0.717, 1.165) is 56.5 Å². The van der Waals surface area contributed by atoms with Gasteiger partial charge in [-0.15, -0.1) is 34.2 Å². The normalized spacial score (nSPS) is 19.3. The first-order chi connectivity index (χ1) is 12.5. The summed E-state index contributed by atoms with van der Waals surface area (Å²) in [5.74, 6) is 3.11. The number of halogens is 1. The van der Waals surface area contributed by atoms with E-state index in [2.05, 4.69) is 50.7 Å². The van der Waals surface area contributed by atoms with E-state index in [1.54, 1.807) is 0 Å². The van der Waals surface area contributed by atoms with Crippen molar-refractivity contribution < 1.29 is 4.74 Å². The number of aryl methyl sites for hydroxylation is 1. The van der Waals surface area contributed by atoms with Crippen molar-refractivity contribution >= 4 is 29.9 Å². The average molecular weight is 490 g/mol. The molecule has 1 fully saturated rings. The molecular weight excluding hydrogens is 455 g/mol. The fraction of sp³-hybridized carbons (Fsp3) is 0.842. The van der Waals surface area contributed by atoms with Crippen LogP contribution in [0.1, 0.15) is 64.5 Å². The quantitative estimate of drug-likeness (QED) is 0.401. The van der Waals surface area contributed by atoms with E-state index >= 15 is 0 Å². The molecule has 0 amide bonds. The Morgan fingerprint density at radius 1 is 1.15 bits per heavy atom. The summed E-state index contributed by atoms with van der Waals surface area (Å²) < 4.78 is 8.41. The smallest absolute Gasteiger partial charge is 0.194 e. The molecule has 0 bridgehead atoms. The van der Waals surface area contributed by atoms with Gasteiger partial charge in [-0.2, -0.15) is 0 Å². The lowest BCUT2D eigenvalue weighted by molar-refractivity contribution is -0.0772. The minimum Gasteiger partial charge on any atom is -0.372 e. The standard InChI is InChI=1S/C19H34N6O.HI/c1-19(2,3)26-15-9-12-24(13-10-15)18(20-4)21-14-17-23-22-16-8-6-5-7-11-25(16)17;/h15H,5-14H2,1-4H3,(H,20,21);1H. The Bertz CT molecular complexity index is 616. The number of nitrogens with one attached hydrogen (secondary N) is 1. The number of hydrogen-bond donors (Lipinski definition) is 1. The Morgan fingerprint density at radius 2 is 1.89 bits per heavy atom. The van der Waals surface area contributed by atoms with Gasteiger partial charge in [0.15, 0.2) is 11.8 Å². The molecule has 3 rings (SSSR count). The minimum absolute atomic E-state index is 0. The number of nitrogens with zero attached hydrogens (tertiary/aromatic N) is 5. The van der Waals surface area contributed by atoms with Gasteiger partial charge in [-0.1, -0.05) is 6.42 Å². The van der Waals surface area contributed by atoms with Crippen molar-refractivity contribution in [3.63, 3.8) is 0 Å². The maximum Gasteiger partial charge on any atom is 0.194 e. The summed E-state index contributed by atoms with van der Waals surface area (Å²) in [4.78, 5) is 6.80. The summed E-state index contributed by atoms with van der Waals surface area (Å²) in [5.41, 5.74) is -0.0712. The van der Waals surface area contributed by atoms with Gasteiger partial charge < -0.3 is 19.5 Å². The predicted octanol–water partition coefficient (Wildman–Crippen LogP) is 2.98. The number of fused-ring (bicyclic) bond motifs is 1. The van der Waals surface area contributed by atoms with E-state index in [0.29, 0.717) is 12.6 Å². The Balaban J connectivity index is 0.00000261. The van der Waals surface area contributed by atoms with Gasteiger partial charge in [0.05, 0.1) is 18.2 Å². The Hall–Kier alpha value is -0.900. The molecule has 0 aliphatic carbocycles. The summed E-state index contributed by atoms with van der Waals surface area (Å²) >= 11 is 0. The zero-order valence-corrected chi connectivity index (χ0v) is 19.5. The van der Waals surface area contributed by atoms with Crippen LogP contribution in [0.25, 0.3) is 0 Å². The van der Waals surface area contributed by atoms with Gasteiger partial charge in [-0.25, -0.2) is 0 Å². The predicted molar refractivity (Wildman–Crippen MR) is 119 cm³/mol. The second kappa shape index (κ2) is 10.0. The van der Waals surface area contributed by atoms with Gasteiger partial charge in [0.1, 0.15) is 5.82 Å². The minimum atomic E-state index is -0.0712. The highest BCUT2D eigenvalue weighted by Crippen LogP contribution is 2.20. The molecule has 2 aliphatic rings. The third-order valence-corrected chi connectivity index (χ3v) is 5.06. The molecule has 0 atom stereocenters. The molecule has 7 nitrogen and oxygen atoms in total. The topological polar surface area (TPSA) is 67.6 Å². The van der Waals surface area contributed by atoms with Crippen LogP contribution in [0.15, 0.2) is 4.99 Å². The van der Waals surface area contributed by atoms with E-state index in [1.807, 2.05) is 7.05 Å². The Labute approximate surface area is 180 Å². The number of ether oxygens (including phenoxy) is 1. The maximum absolute atomic E-state index is 6.12. The largest absolute Gasteiger partial charge is 0.372 e. The Kier molecular flexibility index (Phi) is 8.33. The van der Waals surface area contributed by atoms with Crippen LogP contribution in [0.2, 0.25) is 0 Å². The molecule has 8 heteroatoms. The fourth-order valence-electron chi connectivity index (χ4n) is 3.85. The van der Waals surface area contributed by atoms with Gasteiger partial charge in [-0.3, -0.25) is 4.99 Å². The van der Waals surface area contributed by atoms with E-state index < -0.39 is 0 Å². The highest BCUT2D eigenvalue weighted by Gasteiger charge is 2.26. The third kappa shape index (κ3) is 6.30. The van der Waals surface area contributed by atoms with Crippen molar-refractivity contribution in [2.24, 2.45) is 4.99 Å². The third-order valence-electron chi connectivity index (χ3n) is 5.06. The summed E-state index contributed by atoms with van der Waals surface area (Å²) in [6, 6.07) is 0. The molecule has 1 aromatic heterocycles. The van der Waals surface area contributed by atoms with Gasteiger partial charge >= 0.3 is 0 Å². The number of rotatable bonds is 3. The van der Waals surface area contributed by atoms with Crippen molar-refractivity contribution in [3.8, 4) is 0 Å². The molecule has 1 saturated heterocycles. The van der Waals surface area contributed by atoms with Crippen LogP contribution in [0.5, 0.6) is 0 Å². The number of guanidine groups is 1. The summed E-state index contributed by atoms with van der Waals surface area (Å²) in [6.07, 6.45) is 7.19. The molecule has 0 radical (unpaired) electrons. The SMILES string of the molecule is CN=C(NCc1nnc2n1CCCCC2)N1CCC(OC(C)(C)C)CC1.I. The number of aliphatic imine (C=N–C) groups is 1. The van der Waals surface area contributed by atoms with Gasteiger partial charge in [0.2, 0.25) is 0 Å². The zero-order chi connectivity index (χ0) is 18.6. The van der Waals surface area contributed by atoms with Crippen LogP contribution in [-0.2, 0) is 24.2 Å². The monoisotopic (exact) mass is 490 g/mol. The summed E-state index contributed by atoms with van der Waals surface area (Å²) in [5, 5.41) is 12.3. The molecule has 0 saturated carbocycles. The first-order valence-corrected chi connectivity index (χ1v) is 10.0. The van der Waals surface area contributed by atoms with Crippen molar-refractivity contribution in [2.45, 2.75) is 84.1 Å². The summed E-state index contributed by atoms with van der Waals surface area (Å²) in [7, 11) is 1.85. The molecule has 3 heterocycles. The van der Waals surface area contributed by atoms with Crippen LogP contribution in [0.3, 0.4) is 0 Å². The van der Waals surface area contributed by atoms with Gasteiger partial charge in [0, 0.05) is 33.1 Å². The molecule has 1 aromatic rings. The van der Waals surface area contributed by atoms with Crippen LogP contribution >= 0.6 is 24.0 Å². The molecule has 0 spiro atoms. The van der Waals surface area contributed by atoms with Crippen molar-refractivity contribution in [1.29, 1.82) is 0 Å². The lowest BCUT2D eigenvalue weighted by atomic mass is 10.1. The first-order valence-electron chi connectivity index (χ1n) is 10.0. The highest BCUT2D eigenvalue weighted by atomic mass is 127. The molecule has 154 valence electrons. The molecular formula is C19H35IN6O. The molecule has 1 N–H and O–H groups in total. The molecule has 27 heavy (non-hydrogen) atoms.